The van der Waals surface area contributed by atoms with Crippen molar-refractivity contribution in [3.63, 3.8) is 0 Å². The number of anilines is 2. The molecular formula is C20H24F3N3O2. The van der Waals surface area contributed by atoms with E-state index >= 15 is 0 Å². The summed E-state index contributed by atoms with van der Waals surface area (Å²) in [7, 11) is 0. The van der Waals surface area contributed by atoms with Crippen LogP contribution in [-0.2, 0) is 17.3 Å². The number of aliphatic hydroxyl groups is 1. The van der Waals surface area contributed by atoms with Gasteiger partial charge in [0, 0.05) is 30.9 Å². The summed E-state index contributed by atoms with van der Waals surface area (Å²) < 4.78 is 43.6. The SMILES string of the molecule is C[C@@]1(Cc2ccc(NC(O)Nc3ccc(C(F)(F)F)cc3)cc2)CNCCO1. The van der Waals surface area contributed by atoms with Crippen molar-refractivity contribution >= 4 is 11.4 Å². The van der Waals surface area contributed by atoms with Crippen molar-refractivity contribution in [2.75, 3.05) is 30.3 Å². The second-order valence-electron chi connectivity index (χ2n) is 7.12. The second kappa shape index (κ2) is 8.38. The lowest BCUT2D eigenvalue weighted by molar-refractivity contribution is -0.137. The first kappa shape index (κ1) is 20.4. The van der Waals surface area contributed by atoms with Crippen molar-refractivity contribution in [2.24, 2.45) is 0 Å². The van der Waals surface area contributed by atoms with Crippen LogP contribution in [-0.4, -0.2) is 36.8 Å². The van der Waals surface area contributed by atoms with Gasteiger partial charge in [0.05, 0.1) is 17.8 Å². The number of morpholine rings is 1. The molecule has 4 N–H and O–H groups in total. The molecule has 1 aliphatic heterocycles. The van der Waals surface area contributed by atoms with Crippen LogP contribution in [0.1, 0.15) is 18.1 Å². The lowest BCUT2D eigenvalue weighted by Gasteiger charge is -2.34. The van der Waals surface area contributed by atoms with Crippen molar-refractivity contribution in [2.45, 2.75) is 31.5 Å². The van der Waals surface area contributed by atoms with E-state index in [2.05, 4.69) is 22.9 Å². The molecule has 2 aromatic carbocycles. The Bertz CT molecular complexity index is 758. The van der Waals surface area contributed by atoms with Crippen LogP contribution >= 0.6 is 0 Å². The quantitative estimate of drug-likeness (QED) is 0.565. The highest BCUT2D eigenvalue weighted by molar-refractivity contribution is 5.50. The van der Waals surface area contributed by atoms with E-state index in [1.807, 2.05) is 24.3 Å². The molecule has 1 fully saturated rings. The second-order valence-corrected chi connectivity index (χ2v) is 7.12. The predicted molar refractivity (Wildman–Crippen MR) is 102 cm³/mol. The molecule has 0 radical (unpaired) electrons. The average Bonchev–Trinajstić information content (AvgIpc) is 2.63. The minimum absolute atomic E-state index is 0.239. The highest BCUT2D eigenvalue weighted by Crippen LogP contribution is 2.30. The van der Waals surface area contributed by atoms with E-state index in [0.717, 1.165) is 37.2 Å². The minimum Gasteiger partial charge on any atom is -0.372 e. The van der Waals surface area contributed by atoms with Crippen LogP contribution in [0.15, 0.2) is 48.5 Å². The van der Waals surface area contributed by atoms with Gasteiger partial charge in [-0.05, 0) is 48.9 Å². The Hall–Kier alpha value is -2.29. The van der Waals surface area contributed by atoms with Crippen LogP contribution in [0.5, 0.6) is 0 Å². The highest BCUT2D eigenvalue weighted by atomic mass is 19.4. The van der Waals surface area contributed by atoms with Crippen LogP contribution in [0, 0.1) is 0 Å². The number of nitrogens with one attached hydrogen (secondary N) is 3. The molecule has 0 saturated carbocycles. The molecule has 1 aliphatic rings. The van der Waals surface area contributed by atoms with Crippen LogP contribution < -0.4 is 16.0 Å². The Labute approximate surface area is 161 Å². The fourth-order valence-electron chi connectivity index (χ4n) is 3.14. The third kappa shape index (κ3) is 5.60. The number of ether oxygens (including phenoxy) is 1. The van der Waals surface area contributed by atoms with Gasteiger partial charge in [-0.1, -0.05) is 12.1 Å². The number of benzene rings is 2. The van der Waals surface area contributed by atoms with Gasteiger partial charge in [0.2, 0.25) is 6.35 Å². The summed E-state index contributed by atoms with van der Waals surface area (Å²) in [5, 5.41) is 19.0. The molecular weight excluding hydrogens is 371 g/mol. The molecule has 3 rings (SSSR count). The smallest absolute Gasteiger partial charge is 0.372 e. The van der Waals surface area contributed by atoms with E-state index in [0.29, 0.717) is 18.0 Å². The van der Waals surface area contributed by atoms with Gasteiger partial charge in [-0.2, -0.15) is 13.2 Å². The summed E-state index contributed by atoms with van der Waals surface area (Å²) in [4.78, 5) is 0. The van der Waals surface area contributed by atoms with E-state index < -0.39 is 18.1 Å². The van der Waals surface area contributed by atoms with Gasteiger partial charge >= 0.3 is 6.18 Å². The fourth-order valence-corrected chi connectivity index (χ4v) is 3.14. The number of hydrogen-bond donors (Lipinski definition) is 4. The molecule has 0 spiro atoms. The molecule has 1 heterocycles. The summed E-state index contributed by atoms with van der Waals surface area (Å²) in [6.07, 6.45) is -4.76. The van der Waals surface area contributed by atoms with Gasteiger partial charge < -0.3 is 25.8 Å². The van der Waals surface area contributed by atoms with E-state index in [9.17, 15) is 18.3 Å². The summed E-state index contributed by atoms with van der Waals surface area (Å²) in [5.74, 6) is 0. The van der Waals surface area contributed by atoms with Gasteiger partial charge in [0.25, 0.3) is 0 Å². The molecule has 152 valence electrons. The Morgan fingerprint density at radius 2 is 1.64 bits per heavy atom. The topological polar surface area (TPSA) is 65.5 Å². The van der Waals surface area contributed by atoms with Crippen molar-refractivity contribution < 1.29 is 23.0 Å². The lowest BCUT2D eigenvalue weighted by atomic mass is 9.95. The molecule has 2 aromatic rings. The minimum atomic E-state index is -4.38. The Morgan fingerprint density at radius 1 is 1.07 bits per heavy atom. The zero-order valence-corrected chi connectivity index (χ0v) is 15.5. The normalized spacial score (nSPS) is 21.2. The van der Waals surface area contributed by atoms with Gasteiger partial charge in [0.1, 0.15) is 0 Å². The Balaban J connectivity index is 1.53. The van der Waals surface area contributed by atoms with Crippen LogP contribution in [0.3, 0.4) is 0 Å². The third-order valence-electron chi connectivity index (χ3n) is 4.58. The van der Waals surface area contributed by atoms with Gasteiger partial charge in [-0.25, -0.2) is 0 Å². The maximum Gasteiger partial charge on any atom is 0.416 e. The summed E-state index contributed by atoms with van der Waals surface area (Å²) in [5.41, 5.74) is 1.20. The summed E-state index contributed by atoms with van der Waals surface area (Å²) in [6.45, 7) is 4.42. The van der Waals surface area contributed by atoms with Gasteiger partial charge in [0.15, 0.2) is 0 Å². The standard InChI is InChI=1S/C20H24F3N3O2/c1-19(13-24-10-11-28-19)12-14-2-6-16(7-3-14)25-18(27)26-17-8-4-15(5-9-17)20(21,22)23/h2-9,18,24-27H,10-13H2,1H3/t18?,19-/m1/s1. The van der Waals surface area contributed by atoms with Crippen molar-refractivity contribution in [1.82, 2.24) is 5.32 Å². The van der Waals surface area contributed by atoms with E-state index in [1.54, 1.807) is 0 Å². The number of rotatable bonds is 6. The predicted octanol–water partition coefficient (Wildman–Crippen LogP) is 3.43. The Kier molecular flexibility index (Phi) is 6.12. The first-order valence-electron chi connectivity index (χ1n) is 9.06. The zero-order chi connectivity index (χ0) is 20.2. The number of halogens is 3. The highest BCUT2D eigenvalue weighted by Gasteiger charge is 2.30. The number of aliphatic hydroxyl groups excluding tert-OH is 1. The van der Waals surface area contributed by atoms with E-state index in [4.69, 9.17) is 4.74 Å². The molecule has 2 atom stereocenters. The third-order valence-corrected chi connectivity index (χ3v) is 4.58. The molecule has 8 heteroatoms. The lowest BCUT2D eigenvalue weighted by Crippen LogP contribution is -2.48. The molecule has 0 bridgehead atoms. The average molecular weight is 395 g/mol. The van der Waals surface area contributed by atoms with Crippen molar-refractivity contribution in [3.8, 4) is 0 Å². The van der Waals surface area contributed by atoms with Gasteiger partial charge in [-0.15, -0.1) is 0 Å². The Morgan fingerprint density at radius 3 is 2.14 bits per heavy atom. The summed E-state index contributed by atoms with van der Waals surface area (Å²) >= 11 is 0. The molecule has 0 aromatic heterocycles. The van der Waals surface area contributed by atoms with Crippen molar-refractivity contribution in [3.05, 3.63) is 59.7 Å². The van der Waals surface area contributed by atoms with E-state index in [1.165, 1.54) is 12.1 Å². The molecule has 1 saturated heterocycles. The van der Waals surface area contributed by atoms with Crippen LogP contribution in [0.25, 0.3) is 0 Å². The molecule has 28 heavy (non-hydrogen) atoms. The fraction of sp³-hybridized carbons (Fsp3) is 0.400. The maximum atomic E-state index is 12.6. The molecule has 0 amide bonds. The molecule has 0 aliphatic carbocycles. The first-order valence-corrected chi connectivity index (χ1v) is 9.06. The van der Waals surface area contributed by atoms with Crippen LogP contribution in [0.4, 0.5) is 24.5 Å². The number of hydrogen-bond acceptors (Lipinski definition) is 5. The number of alkyl halides is 3. The molecule has 5 nitrogen and oxygen atoms in total. The first-order chi connectivity index (χ1) is 13.2. The maximum absolute atomic E-state index is 12.6. The monoisotopic (exact) mass is 395 g/mol. The van der Waals surface area contributed by atoms with Crippen LogP contribution in [0.2, 0.25) is 0 Å². The largest absolute Gasteiger partial charge is 0.416 e. The molecule has 1 unspecified atom stereocenters. The van der Waals surface area contributed by atoms with E-state index in [-0.39, 0.29) is 5.60 Å². The zero-order valence-electron chi connectivity index (χ0n) is 15.5. The van der Waals surface area contributed by atoms with Crippen molar-refractivity contribution in [1.29, 1.82) is 0 Å². The summed E-state index contributed by atoms with van der Waals surface area (Å²) in [6, 6.07) is 12.1. The van der Waals surface area contributed by atoms with Gasteiger partial charge in [-0.3, -0.25) is 0 Å².